The van der Waals surface area contributed by atoms with E-state index >= 15 is 0 Å². The fourth-order valence-electron chi connectivity index (χ4n) is 2.71. The molecule has 1 aliphatic carbocycles. The number of nitrogens with zero attached hydrogens (tertiary/aromatic N) is 3. The lowest BCUT2D eigenvalue weighted by Gasteiger charge is -2.29. The highest BCUT2D eigenvalue weighted by atomic mass is 32.2. The normalized spacial score (nSPS) is 16.6. The molecule has 118 valence electrons. The van der Waals surface area contributed by atoms with Crippen molar-refractivity contribution in [3.05, 3.63) is 18.3 Å². The summed E-state index contributed by atoms with van der Waals surface area (Å²) in [5.41, 5.74) is 0. The van der Waals surface area contributed by atoms with Gasteiger partial charge in [0.1, 0.15) is 10.7 Å². The van der Waals surface area contributed by atoms with E-state index in [4.69, 9.17) is 0 Å². The van der Waals surface area contributed by atoms with Crippen LogP contribution in [0.15, 0.2) is 23.2 Å². The third-order valence-electron chi connectivity index (χ3n) is 3.90. The number of aromatic nitrogens is 1. The van der Waals surface area contributed by atoms with Crippen LogP contribution < -0.4 is 4.90 Å². The average molecular weight is 313 g/mol. The van der Waals surface area contributed by atoms with Gasteiger partial charge < -0.3 is 10.0 Å². The Bertz CT molecular complexity index is 551. The second-order valence-corrected chi connectivity index (χ2v) is 7.65. The van der Waals surface area contributed by atoms with Gasteiger partial charge in [-0.25, -0.2) is 17.7 Å². The van der Waals surface area contributed by atoms with E-state index < -0.39 is 10.0 Å². The van der Waals surface area contributed by atoms with Crippen molar-refractivity contribution in [1.82, 2.24) is 9.29 Å². The molecule has 1 aliphatic rings. The minimum Gasteiger partial charge on any atom is -0.395 e. The third-order valence-corrected chi connectivity index (χ3v) is 5.70. The van der Waals surface area contributed by atoms with Gasteiger partial charge in [0.05, 0.1) is 6.61 Å². The molecular formula is C14H23N3O3S. The van der Waals surface area contributed by atoms with Gasteiger partial charge in [-0.3, -0.25) is 0 Å². The topological polar surface area (TPSA) is 73.7 Å². The van der Waals surface area contributed by atoms with Gasteiger partial charge in [0.15, 0.2) is 0 Å². The summed E-state index contributed by atoms with van der Waals surface area (Å²) < 4.78 is 25.2. The molecule has 6 nitrogen and oxygen atoms in total. The molecule has 0 aromatic carbocycles. The number of hydrogen-bond acceptors (Lipinski definition) is 5. The van der Waals surface area contributed by atoms with Crippen LogP contribution in [0.3, 0.4) is 0 Å². The first-order valence-electron chi connectivity index (χ1n) is 7.23. The first-order chi connectivity index (χ1) is 9.96. The third kappa shape index (κ3) is 3.53. The Kier molecular flexibility index (Phi) is 5.18. The van der Waals surface area contributed by atoms with Crippen LogP contribution in [0.4, 0.5) is 5.82 Å². The van der Waals surface area contributed by atoms with Crippen molar-refractivity contribution in [2.45, 2.75) is 36.6 Å². The Morgan fingerprint density at radius 3 is 2.43 bits per heavy atom. The molecule has 2 rings (SSSR count). The number of sulfonamides is 1. The van der Waals surface area contributed by atoms with Gasteiger partial charge in [-0.05, 0) is 25.0 Å². The molecule has 0 bridgehead atoms. The maximum Gasteiger partial charge on any atom is 0.244 e. The smallest absolute Gasteiger partial charge is 0.244 e. The summed E-state index contributed by atoms with van der Waals surface area (Å²) in [6.45, 7) is 0.591. The molecular weight excluding hydrogens is 290 g/mol. The monoisotopic (exact) mass is 313 g/mol. The van der Waals surface area contributed by atoms with Crippen molar-refractivity contribution in [1.29, 1.82) is 0 Å². The summed E-state index contributed by atoms with van der Waals surface area (Å²) >= 11 is 0. The number of aliphatic hydroxyl groups excluding tert-OH is 1. The molecule has 0 atom stereocenters. The Morgan fingerprint density at radius 2 is 1.95 bits per heavy atom. The zero-order valence-corrected chi connectivity index (χ0v) is 13.4. The molecule has 1 aromatic heterocycles. The molecule has 1 fully saturated rings. The van der Waals surface area contributed by atoms with Gasteiger partial charge in [0.2, 0.25) is 10.0 Å². The predicted molar refractivity (Wildman–Crippen MR) is 81.8 cm³/mol. The Labute approximate surface area is 126 Å². The minimum atomic E-state index is -3.45. The molecule has 0 saturated heterocycles. The lowest BCUT2D eigenvalue weighted by molar-refractivity contribution is 0.297. The van der Waals surface area contributed by atoms with Crippen LogP contribution in [-0.2, 0) is 10.0 Å². The quantitative estimate of drug-likeness (QED) is 0.850. The van der Waals surface area contributed by atoms with Crippen LogP contribution in [0.1, 0.15) is 25.7 Å². The number of aliphatic hydroxyl groups is 1. The van der Waals surface area contributed by atoms with E-state index in [9.17, 15) is 13.5 Å². The number of anilines is 1. The molecule has 1 N–H and O–H groups in total. The van der Waals surface area contributed by atoms with Crippen LogP contribution in [-0.4, -0.2) is 56.1 Å². The van der Waals surface area contributed by atoms with E-state index in [1.54, 1.807) is 12.1 Å². The van der Waals surface area contributed by atoms with Gasteiger partial charge in [0.25, 0.3) is 0 Å². The average Bonchev–Trinajstić information content (AvgIpc) is 2.98. The van der Waals surface area contributed by atoms with Crippen LogP contribution in [0, 0.1) is 0 Å². The molecule has 0 unspecified atom stereocenters. The largest absolute Gasteiger partial charge is 0.395 e. The van der Waals surface area contributed by atoms with E-state index in [-0.39, 0.29) is 11.5 Å². The maximum absolute atomic E-state index is 12.0. The van der Waals surface area contributed by atoms with E-state index in [0.29, 0.717) is 12.6 Å². The lowest BCUT2D eigenvalue weighted by Crippen LogP contribution is -2.36. The minimum absolute atomic E-state index is 0.0654. The Balaban J connectivity index is 2.23. The van der Waals surface area contributed by atoms with Gasteiger partial charge in [-0.15, -0.1) is 0 Å². The van der Waals surface area contributed by atoms with Crippen molar-refractivity contribution < 1.29 is 13.5 Å². The maximum atomic E-state index is 12.0. The summed E-state index contributed by atoms with van der Waals surface area (Å²) in [4.78, 5) is 6.57. The summed E-state index contributed by atoms with van der Waals surface area (Å²) in [6.07, 6.45) is 5.97. The Morgan fingerprint density at radius 1 is 1.29 bits per heavy atom. The van der Waals surface area contributed by atoms with Crippen molar-refractivity contribution >= 4 is 15.8 Å². The van der Waals surface area contributed by atoms with Crippen molar-refractivity contribution in [2.75, 3.05) is 32.1 Å². The van der Waals surface area contributed by atoms with Gasteiger partial charge >= 0.3 is 0 Å². The molecule has 0 spiro atoms. The van der Waals surface area contributed by atoms with Crippen molar-refractivity contribution in [3.63, 3.8) is 0 Å². The van der Waals surface area contributed by atoms with E-state index in [1.807, 2.05) is 0 Å². The first kappa shape index (κ1) is 16.2. The van der Waals surface area contributed by atoms with E-state index in [2.05, 4.69) is 9.88 Å². The molecule has 0 amide bonds. The van der Waals surface area contributed by atoms with Gasteiger partial charge in [-0.2, -0.15) is 0 Å². The number of hydrogen-bond donors (Lipinski definition) is 1. The zero-order valence-electron chi connectivity index (χ0n) is 12.6. The standard InChI is InChI=1S/C14H23N3O3S/c1-16(2)21(19,20)13-7-8-14(15-11-13)17(9-10-18)12-5-3-4-6-12/h7-8,11-12,18H,3-6,9-10H2,1-2H3. The summed E-state index contributed by atoms with van der Waals surface area (Å²) in [5.74, 6) is 0.730. The molecule has 0 radical (unpaired) electrons. The highest BCUT2D eigenvalue weighted by Crippen LogP contribution is 2.27. The number of rotatable bonds is 6. The summed E-state index contributed by atoms with van der Waals surface area (Å²) in [5, 5.41) is 9.24. The molecule has 7 heteroatoms. The second-order valence-electron chi connectivity index (χ2n) is 5.49. The van der Waals surface area contributed by atoms with Gasteiger partial charge in [-0.1, -0.05) is 12.8 Å². The van der Waals surface area contributed by atoms with Gasteiger partial charge in [0, 0.05) is 32.9 Å². The molecule has 1 heterocycles. The molecule has 1 saturated carbocycles. The predicted octanol–water partition coefficient (Wildman–Crippen LogP) is 1.07. The fourth-order valence-corrected chi connectivity index (χ4v) is 3.56. The van der Waals surface area contributed by atoms with Crippen LogP contribution in [0.5, 0.6) is 0 Å². The van der Waals surface area contributed by atoms with Crippen molar-refractivity contribution in [2.24, 2.45) is 0 Å². The van der Waals surface area contributed by atoms with Crippen molar-refractivity contribution in [3.8, 4) is 0 Å². The second kappa shape index (κ2) is 6.72. The summed E-state index contributed by atoms with van der Waals surface area (Å²) in [7, 11) is -0.448. The molecule has 0 aliphatic heterocycles. The Hall–Kier alpha value is -1.18. The summed E-state index contributed by atoms with van der Waals surface area (Å²) in [6, 6.07) is 3.70. The van der Waals surface area contributed by atoms with E-state index in [1.165, 1.54) is 37.4 Å². The van der Waals surface area contributed by atoms with Crippen LogP contribution in [0.25, 0.3) is 0 Å². The lowest BCUT2D eigenvalue weighted by atomic mass is 10.2. The zero-order chi connectivity index (χ0) is 15.5. The molecule has 21 heavy (non-hydrogen) atoms. The highest BCUT2D eigenvalue weighted by Gasteiger charge is 2.24. The van der Waals surface area contributed by atoms with Crippen LogP contribution >= 0.6 is 0 Å². The SMILES string of the molecule is CN(C)S(=O)(=O)c1ccc(N(CCO)C2CCCC2)nc1. The van der Waals surface area contributed by atoms with Crippen LogP contribution in [0.2, 0.25) is 0 Å². The highest BCUT2D eigenvalue weighted by molar-refractivity contribution is 7.89. The van der Waals surface area contributed by atoms with E-state index in [0.717, 1.165) is 18.7 Å². The number of pyridine rings is 1. The molecule has 1 aromatic rings. The fraction of sp³-hybridized carbons (Fsp3) is 0.643. The first-order valence-corrected chi connectivity index (χ1v) is 8.67.